The average molecular weight is 511 g/mol. The van der Waals surface area contributed by atoms with E-state index < -0.39 is 0 Å². The van der Waals surface area contributed by atoms with Crippen LogP contribution in [0.2, 0.25) is 0 Å². The minimum absolute atomic E-state index is 0. The van der Waals surface area contributed by atoms with Gasteiger partial charge in [-0.1, -0.05) is 19.3 Å². The number of hydrogen-bond donors (Lipinski definition) is 2. The van der Waals surface area contributed by atoms with Gasteiger partial charge >= 0.3 is 0 Å². The van der Waals surface area contributed by atoms with E-state index in [-0.39, 0.29) is 42.0 Å². The van der Waals surface area contributed by atoms with Gasteiger partial charge in [0.2, 0.25) is 5.91 Å². The Kier molecular flexibility index (Phi) is 12.3. The van der Waals surface area contributed by atoms with Crippen molar-refractivity contribution in [2.24, 2.45) is 4.99 Å². The summed E-state index contributed by atoms with van der Waals surface area (Å²) in [6.07, 6.45) is 6.24. The van der Waals surface area contributed by atoms with Crippen molar-refractivity contribution in [3.05, 3.63) is 0 Å². The predicted molar refractivity (Wildman–Crippen MR) is 123 cm³/mol. The lowest BCUT2D eigenvalue weighted by molar-refractivity contribution is -0.127. The summed E-state index contributed by atoms with van der Waals surface area (Å²) in [6, 6.07) is 0. The minimum atomic E-state index is -0.0107. The van der Waals surface area contributed by atoms with E-state index in [1.807, 2.05) is 0 Å². The molecule has 1 heterocycles. The van der Waals surface area contributed by atoms with Crippen LogP contribution in [0.5, 0.6) is 0 Å². The van der Waals surface area contributed by atoms with Crippen LogP contribution < -0.4 is 10.6 Å². The summed E-state index contributed by atoms with van der Waals surface area (Å²) in [4.78, 5) is 20.6. The summed E-state index contributed by atoms with van der Waals surface area (Å²) in [5.41, 5.74) is 0.150. The molecule has 1 amide bonds. The molecule has 28 heavy (non-hydrogen) atoms. The lowest BCUT2D eigenvalue weighted by Gasteiger charge is -2.48. The molecule has 1 aliphatic heterocycles. The summed E-state index contributed by atoms with van der Waals surface area (Å²) in [5.74, 6) is 0.670. The molecule has 2 fully saturated rings. The van der Waals surface area contributed by atoms with E-state index >= 15 is 0 Å². The van der Waals surface area contributed by atoms with Gasteiger partial charge in [0.05, 0.1) is 19.8 Å². The normalized spacial score (nSPS) is 20.2. The van der Waals surface area contributed by atoms with Crippen molar-refractivity contribution in [2.75, 3.05) is 73.7 Å². The van der Waals surface area contributed by atoms with E-state index in [1.165, 1.54) is 32.1 Å². The molecular formula is C19H38IN5O3. The first kappa shape index (κ1) is 25.4. The zero-order valence-corrected chi connectivity index (χ0v) is 20.0. The molecule has 164 valence electrons. The number of carbonyl (C=O) groups excluding carboxylic acids is 1. The van der Waals surface area contributed by atoms with Gasteiger partial charge in [-0.3, -0.25) is 9.69 Å². The molecule has 2 N–H and O–H groups in total. The number of likely N-dealkylation sites (N-methyl/N-ethyl adjacent to an activating group) is 1. The highest BCUT2D eigenvalue weighted by molar-refractivity contribution is 14.0. The molecule has 2 aliphatic rings. The topological polar surface area (TPSA) is 78.4 Å². The molecule has 9 heteroatoms. The average Bonchev–Trinajstić information content (AvgIpc) is 2.70. The van der Waals surface area contributed by atoms with Crippen molar-refractivity contribution >= 4 is 35.8 Å². The SMILES string of the molecule is COCCNC(=NCC(=O)N(C)C)NCC1(N2CCOCC2)CCCCC1.I. The number of aliphatic imine (C=N–C) groups is 1. The second-order valence-electron chi connectivity index (χ2n) is 7.61. The fourth-order valence-electron chi connectivity index (χ4n) is 3.83. The lowest BCUT2D eigenvalue weighted by atomic mass is 9.80. The Hall–Kier alpha value is -0.650. The van der Waals surface area contributed by atoms with Gasteiger partial charge in [0.25, 0.3) is 0 Å². The van der Waals surface area contributed by atoms with Crippen LogP contribution in [0.25, 0.3) is 0 Å². The Labute approximate surface area is 186 Å². The maximum atomic E-state index is 11.9. The molecule has 0 unspecified atom stereocenters. The predicted octanol–water partition coefficient (Wildman–Crippen LogP) is 0.909. The highest BCUT2D eigenvalue weighted by Crippen LogP contribution is 2.33. The molecule has 0 aromatic heterocycles. The van der Waals surface area contributed by atoms with Crippen LogP contribution in [0.4, 0.5) is 0 Å². The lowest BCUT2D eigenvalue weighted by Crippen LogP contribution is -2.60. The van der Waals surface area contributed by atoms with Gasteiger partial charge in [-0.05, 0) is 12.8 Å². The first-order valence-corrected chi connectivity index (χ1v) is 10.1. The molecule has 0 radical (unpaired) electrons. The largest absolute Gasteiger partial charge is 0.383 e. The van der Waals surface area contributed by atoms with Gasteiger partial charge in [-0.2, -0.15) is 0 Å². The number of halogens is 1. The van der Waals surface area contributed by atoms with Crippen LogP contribution in [-0.4, -0.2) is 101 Å². The summed E-state index contributed by atoms with van der Waals surface area (Å²) in [5, 5.41) is 6.79. The summed E-state index contributed by atoms with van der Waals surface area (Å²) < 4.78 is 10.7. The monoisotopic (exact) mass is 511 g/mol. The van der Waals surface area contributed by atoms with Gasteiger partial charge in [0.15, 0.2) is 5.96 Å². The fourth-order valence-corrected chi connectivity index (χ4v) is 3.83. The van der Waals surface area contributed by atoms with E-state index in [2.05, 4.69) is 20.5 Å². The molecule has 1 saturated heterocycles. The standard InChI is InChI=1S/C19H37N5O3.HI/c1-23(2)17(25)15-21-18(20-9-12-26-3)22-16-19(7-5-4-6-8-19)24-10-13-27-14-11-24;/h4-16H2,1-3H3,(H2,20,21,22);1H. The third-order valence-corrected chi connectivity index (χ3v) is 5.52. The summed E-state index contributed by atoms with van der Waals surface area (Å²) in [7, 11) is 5.18. The zero-order valence-electron chi connectivity index (χ0n) is 17.7. The Bertz CT molecular complexity index is 478. The van der Waals surface area contributed by atoms with Crippen molar-refractivity contribution in [1.82, 2.24) is 20.4 Å². The number of nitrogens with zero attached hydrogens (tertiary/aromatic N) is 3. The number of carbonyl (C=O) groups is 1. The van der Waals surface area contributed by atoms with E-state index in [9.17, 15) is 4.79 Å². The number of amides is 1. The number of methoxy groups -OCH3 is 1. The number of rotatable bonds is 8. The van der Waals surface area contributed by atoms with Crippen LogP contribution in [0, 0.1) is 0 Å². The van der Waals surface area contributed by atoms with Gasteiger partial charge in [-0.25, -0.2) is 4.99 Å². The quantitative estimate of drug-likeness (QED) is 0.218. The number of ether oxygens (including phenoxy) is 2. The van der Waals surface area contributed by atoms with Crippen LogP contribution in [0.3, 0.4) is 0 Å². The number of morpholine rings is 1. The third kappa shape index (κ3) is 8.00. The third-order valence-electron chi connectivity index (χ3n) is 5.52. The molecule has 0 bridgehead atoms. The minimum Gasteiger partial charge on any atom is -0.383 e. The number of hydrogen-bond acceptors (Lipinski definition) is 5. The van der Waals surface area contributed by atoms with Crippen LogP contribution >= 0.6 is 24.0 Å². The Balaban J connectivity index is 0.00000392. The number of guanidine groups is 1. The van der Waals surface area contributed by atoms with Gasteiger partial charge in [-0.15, -0.1) is 24.0 Å². The maximum absolute atomic E-state index is 11.9. The van der Waals surface area contributed by atoms with Crippen molar-refractivity contribution in [3.63, 3.8) is 0 Å². The maximum Gasteiger partial charge on any atom is 0.243 e. The first-order valence-electron chi connectivity index (χ1n) is 10.1. The van der Waals surface area contributed by atoms with Crippen molar-refractivity contribution < 1.29 is 14.3 Å². The van der Waals surface area contributed by atoms with Crippen molar-refractivity contribution in [1.29, 1.82) is 0 Å². The zero-order chi connectivity index (χ0) is 19.5. The van der Waals surface area contributed by atoms with Crippen LogP contribution in [-0.2, 0) is 14.3 Å². The molecule has 0 aromatic rings. The molecular weight excluding hydrogens is 473 g/mol. The summed E-state index contributed by atoms with van der Waals surface area (Å²) >= 11 is 0. The van der Waals surface area contributed by atoms with Gasteiger partial charge in [0.1, 0.15) is 6.54 Å². The smallest absolute Gasteiger partial charge is 0.243 e. The molecule has 0 atom stereocenters. The molecule has 8 nitrogen and oxygen atoms in total. The van der Waals surface area contributed by atoms with E-state index in [1.54, 1.807) is 26.1 Å². The number of nitrogens with one attached hydrogen (secondary N) is 2. The second kappa shape index (κ2) is 13.6. The molecule has 1 saturated carbocycles. The van der Waals surface area contributed by atoms with Gasteiger partial charge < -0.3 is 25.0 Å². The molecule has 2 rings (SSSR count). The second-order valence-corrected chi connectivity index (χ2v) is 7.61. The summed E-state index contributed by atoms with van der Waals surface area (Å²) in [6.45, 7) is 5.83. The van der Waals surface area contributed by atoms with Crippen molar-refractivity contribution in [2.45, 2.75) is 37.6 Å². The Morgan fingerprint density at radius 3 is 2.46 bits per heavy atom. The Morgan fingerprint density at radius 2 is 1.86 bits per heavy atom. The molecule has 1 aliphatic carbocycles. The fraction of sp³-hybridized carbons (Fsp3) is 0.895. The highest BCUT2D eigenvalue weighted by Gasteiger charge is 2.38. The van der Waals surface area contributed by atoms with Crippen molar-refractivity contribution in [3.8, 4) is 0 Å². The molecule has 0 spiro atoms. The highest BCUT2D eigenvalue weighted by atomic mass is 127. The van der Waals surface area contributed by atoms with Crippen LogP contribution in [0.15, 0.2) is 4.99 Å². The Morgan fingerprint density at radius 1 is 1.18 bits per heavy atom. The van der Waals surface area contributed by atoms with Crippen LogP contribution in [0.1, 0.15) is 32.1 Å². The van der Waals surface area contributed by atoms with E-state index in [4.69, 9.17) is 9.47 Å². The van der Waals surface area contributed by atoms with Gasteiger partial charge in [0, 0.05) is 52.9 Å². The van der Waals surface area contributed by atoms with E-state index in [0.717, 1.165) is 32.8 Å². The van der Waals surface area contributed by atoms with E-state index in [0.29, 0.717) is 19.1 Å². The first-order chi connectivity index (χ1) is 13.1. The molecule has 0 aromatic carbocycles.